The molecule has 2 aliphatic rings. The summed E-state index contributed by atoms with van der Waals surface area (Å²) in [5, 5.41) is 16.6. The molecule has 0 amide bonds. The smallest absolute Gasteiger partial charge is 0.211 e. The molecule has 4 atom stereocenters. The van der Waals surface area contributed by atoms with Gasteiger partial charge in [0.15, 0.2) is 0 Å². The van der Waals surface area contributed by atoms with E-state index in [2.05, 4.69) is 14.6 Å². The van der Waals surface area contributed by atoms with Gasteiger partial charge >= 0.3 is 0 Å². The first-order valence-electron chi connectivity index (χ1n) is 34.0. The third-order valence-electron chi connectivity index (χ3n) is 4.27. The Morgan fingerprint density at radius 2 is 1.39 bits per heavy atom. The van der Waals surface area contributed by atoms with Crippen LogP contribution in [0.3, 0.4) is 0 Å². The van der Waals surface area contributed by atoms with Crippen molar-refractivity contribution >= 4 is 0 Å². The number of methoxy groups -OCH3 is 2. The van der Waals surface area contributed by atoms with E-state index in [9.17, 15) is 6.48 Å². The highest BCUT2D eigenvalue weighted by Crippen LogP contribution is 2.44. The first kappa shape index (κ1) is 5.78. The van der Waals surface area contributed by atoms with Gasteiger partial charge < -0.3 is 29.5 Å². The molecule has 2 aromatic carbocycles. The highest BCUT2D eigenvalue weighted by Gasteiger charge is 2.41. The third-order valence-corrected chi connectivity index (χ3v) is 4.27. The molecule has 212 valence electrons. The molecule has 2 saturated carbocycles. The van der Waals surface area contributed by atoms with Crippen molar-refractivity contribution in [2.24, 2.45) is 11.8 Å². The zero-order valence-electron chi connectivity index (χ0n) is 67.6. The molecule has 38 heavy (non-hydrogen) atoms. The van der Waals surface area contributed by atoms with Gasteiger partial charge in [-0.05, 0) is 88.7 Å². The molecular formula is C32H50N2O4. The summed E-state index contributed by atoms with van der Waals surface area (Å²) in [6, 6.07) is -12.8. The molecule has 0 unspecified atom stereocenters. The maximum atomic E-state index is 12.2. The molecule has 2 aromatic rings. The maximum Gasteiger partial charge on any atom is 0.211 e. The minimum atomic E-state index is -4.97. The van der Waals surface area contributed by atoms with Gasteiger partial charge in [-0.1, -0.05) is 49.7 Å². The molecule has 0 bridgehead atoms. The van der Waals surface area contributed by atoms with Crippen LogP contribution in [-0.4, -0.2) is 76.4 Å². The van der Waals surface area contributed by atoms with Crippen LogP contribution in [0.1, 0.15) is 128 Å². The van der Waals surface area contributed by atoms with E-state index >= 15 is 0 Å². The number of hydrogen-bond donors (Lipinski definition) is 2. The van der Waals surface area contributed by atoms with Crippen LogP contribution in [0.2, 0.25) is 0 Å². The Morgan fingerprint density at radius 1 is 0.895 bits per heavy atom. The summed E-state index contributed by atoms with van der Waals surface area (Å²) in [6.07, 6.45) is -36.3. The summed E-state index contributed by atoms with van der Waals surface area (Å²) in [5.41, 5.74) is -13.4. The van der Waals surface area contributed by atoms with Gasteiger partial charge in [-0.3, -0.25) is 0 Å². The minimum absolute atomic E-state index is 1.13. The van der Waals surface area contributed by atoms with Gasteiger partial charge in [0.25, 0.3) is 0 Å². The number of nitrogens with zero attached hydrogens (tertiary/aromatic N) is 2. The van der Waals surface area contributed by atoms with Crippen LogP contribution in [0.4, 0.5) is 0 Å². The molecule has 2 aliphatic carbocycles. The Balaban J connectivity index is 0.000000455. The average Bonchev–Trinajstić information content (AvgIpc) is 0.647. The first-order chi connectivity index (χ1) is 37.5. The van der Waals surface area contributed by atoms with Crippen molar-refractivity contribution < 1.29 is 85.5 Å². The molecule has 0 aromatic heterocycles. The van der Waals surface area contributed by atoms with Crippen LogP contribution < -0.4 is 9.47 Å². The molecular weight excluding hydrogens is 476 g/mol. The van der Waals surface area contributed by atoms with E-state index in [1.807, 2.05) is 0 Å². The van der Waals surface area contributed by atoms with Crippen molar-refractivity contribution in [1.82, 2.24) is 9.80 Å². The summed E-state index contributed by atoms with van der Waals surface area (Å²) < 4.78 is 405. The summed E-state index contributed by atoms with van der Waals surface area (Å²) in [5.74, 6) is -13.0. The number of rotatable bonds is 9. The van der Waals surface area contributed by atoms with E-state index in [-0.39, 0.29) is 0 Å². The van der Waals surface area contributed by atoms with Crippen LogP contribution in [0.25, 0.3) is 0 Å². The fraction of sp³-hybridized carbons (Fsp3) is 0.625. The molecule has 2 fully saturated rings. The third kappa shape index (κ3) is 7.50. The lowest BCUT2D eigenvalue weighted by Crippen LogP contribution is -2.43. The Bertz CT molecular complexity index is 2940. The fourth-order valence-electron chi connectivity index (χ4n) is 2.66. The van der Waals surface area contributed by atoms with Crippen LogP contribution in [0, 0.1) is 11.8 Å². The lowest BCUT2D eigenvalue weighted by atomic mass is 9.71. The minimum Gasteiger partial charge on any atom is -0.497 e. The number of aliphatic hydroxyl groups is 2. The highest BCUT2D eigenvalue weighted by molar-refractivity contribution is 5.34. The van der Waals surface area contributed by atoms with Gasteiger partial charge in [0.2, 0.25) is 1.43 Å². The number of benzene rings is 2. The zero-order valence-corrected chi connectivity index (χ0v) is 18.6. The first-order valence-corrected chi connectivity index (χ1v) is 9.59. The van der Waals surface area contributed by atoms with Crippen LogP contribution in [0.5, 0.6) is 11.5 Å². The second-order valence-corrected chi connectivity index (χ2v) is 6.65. The monoisotopic (exact) mass is 576 g/mol. The molecule has 0 radical (unpaired) electrons. The van der Waals surface area contributed by atoms with Crippen molar-refractivity contribution in [3.63, 3.8) is 0 Å². The second kappa shape index (κ2) is 13.8. The van der Waals surface area contributed by atoms with E-state index in [4.69, 9.17) is 65.9 Å². The van der Waals surface area contributed by atoms with Gasteiger partial charge in [-0.2, -0.15) is 0 Å². The van der Waals surface area contributed by atoms with Crippen molar-refractivity contribution in [2.75, 3.05) is 55.0 Å². The average molecular weight is 576 g/mol. The molecule has 4 rings (SSSR count). The second-order valence-electron chi connectivity index (χ2n) is 6.65. The quantitative estimate of drug-likeness (QED) is 0.425. The van der Waals surface area contributed by atoms with E-state index in [0.29, 0.717) is 0 Å². The predicted molar refractivity (Wildman–Crippen MR) is 155 cm³/mol. The van der Waals surface area contributed by atoms with Crippen LogP contribution in [-0.2, 0) is 11.2 Å². The molecule has 0 saturated heterocycles. The Hall–Kier alpha value is -2.12. The van der Waals surface area contributed by atoms with E-state index in [0.717, 1.165) is 0 Å². The van der Waals surface area contributed by atoms with Crippen LogP contribution in [0.15, 0.2) is 48.3 Å². The predicted octanol–water partition coefficient (Wildman–Crippen LogP) is 5.27. The van der Waals surface area contributed by atoms with E-state index in [1.165, 1.54) is 0 Å². The van der Waals surface area contributed by atoms with E-state index < -0.39 is 210 Å². The molecule has 2 N–H and O–H groups in total. The standard InChI is InChI=1S/2C16H25NO2/c2*1-17(2)12-14-7-4-5-10-16(14,18)13-8-6-9-15(11-13)19-3/h2*6,8-9,11,14,18H,4-5,7,10,12H2,1-3H3/t2*14-,16+/m11/s1/i1D3,2D3,3D3,4D2,5D2,6D,7D2,8D,9D,10D2,11D,12D2,14D,18D;1D3,2D3,3D3,4D2,5D2,6D,7D2,8D,9D,10D2,11D,12D2,14D. The van der Waals surface area contributed by atoms with Gasteiger partial charge in [0.1, 0.15) is 11.5 Å². The summed E-state index contributed by atoms with van der Waals surface area (Å²) in [4.78, 5) is -2.28. The Morgan fingerprint density at radius 3 is 1.89 bits per heavy atom. The van der Waals surface area contributed by atoms with Gasteiger partial charge in [-0.15, -0.1) is 0 Å². The number of hydrogen-bond acceptors (Lipinski definition) is 6. The zero-order chi connectivity index (χ0) is 70.2. The van der Waals surface area contributed by atoms with Crippen molar-refractivity contribution in [3.05, 3.63) is 59.5 Å². The SMILES string of the molecule is [2H]O[C@]1(c2c([2H])c([2H])c([2H])c(OC([2H])([2H])[2H])c2[2H])C([2H])([2H])C([2H])([2H])C([2H])([2H])C([2H])([2H])[C@]1([2H])C([2H])([2H])N(C([2H])([2H])[2H])C([2H])([2H])[2H].[2H]c1c([2H])c(OC([2H])([2H])[2H])c([2H])c([C@@]2(O)C([2H])([2H])C([2H])([2H])C([2H])([2H])C([2H])([2H])[C@]2([2H])C([2H])([2H])N(C([2H])([2H])[2H])C([2H])([2H])[2H])c1[2H]. The Labute approximate surface area is 299 Å². The molecule has 0 spiro atoms. The van der Waals surface area contributed by atoms with Crippen LogP contribution >= 0.6 is 0 Å². The van der Waals surface area contributed by atoms with Gasteiger partial charge in [0, 0.05) is 71.4 Å². The van der Waals surface area contributed by atoms with Crippen molar-refractivity contribution in [1.29, 1.82) is 1.43 Å². The van der Waals surface area contributed by atoms with E-state index in [1.54, 1.807) is 0 Å². The molecule has 6 nitrogen and oxygen atoms in total. The largest absolute Gasteiger partial charge is 0.497 e. The maximum absolute atomic E-state index is 12.2. The Kier molecular flexibility index (Phi) is 2.10. The molecule has 0 heterocycles. The highest BCUT2D eigenvalue weighted by atomic mass is 16.5. The molecule has 6 heteroatoms. The lowest BCUT2D eigenvalue weighted by molar-refractivity contribution is -0.0621. The lowest BCUT2D eigenvalue weighted by Gasteiger charge is -2.41. The summed E-state index contributed by atoms with van der Waals surface area (Å²) in [7, 11) is -7.15. The van der Waals surface area contributed by atoms with Gasteiger partial charge in [0.05, 0.1) is 44.5 Å². The van der Waals surface area contributed by atoms with Crippen molar-refractivity contribution in [3.8, 4) is 11.5 Å². The number of ether oxygens (including phenoxy) is 2. The molecule has 0 aliphatic heterocycles. The summed E-state index contributed by atoms with van der Waals surface area (Å²) in [6.45, 7) is -26.5. The normalized spacial score (nSPS) is 63.6. The summed E-state index contributed by atoms with van der Waals surface area (Å²) >= 11 is 0. The van der Waals surface area contributed by atoms with Gasteiger partial charge in [-0.25, -0.2) is 0 Å². The topological polar surface area (TPSA) is 65.4 Å². The van der Waals surface area contributed by atoms with Crippen molar-refractivity contribution in [2.45, 2.75) is 62.2 Å². The fourth-order valence-corrected chi connectivity index (χ4v) is 2.66.